The molecule has 0 spiro atoms. The van der Waals surface area contributed by atoms with Gasteiger partial charge in [0.15, 0.2) is 0 Å². The van der Waals surface area contributed by atoms with E-state index in [9.17, 15) is 3.89 Å². The molecule has 0 saturated carbocycles. The van der Waals surface area contributed by atoms with Crippen LogP contribution in [0.4, 0.5) is 3.89 Å². The van der Waals surface area contributed by atoms with E-state index in [-0.39, 0.29) is 11.2 Å². The average molecular weight is 116 g/mol. The monoisotopic (exact) mass is 116 g/mol. The normalized spacial score (nSPS) is 7.50. The summed E-state index contributed by atoms with van der Waals surface area (Å²) in [5, 5.41) is 0. The SMILES string of the molecule is FSSS. The van der Waals surface area contributed by atoms with E-state index in [1.807, 2.05) is 0 Å². The fourth-order valence-corrected chi connectivity index (χ4v) is 0. The molecule has 0 atom stereocenters. The van der Waals surface area contributed by atoms with Gasteiger partial charge in [-0.15, -0.1) is 0 Å². The van der Waals surface area contributed by atoms with Gasteiger partial charge >= 0.3 is 0 Å². The Kier molecular flexibility index (Phi) is 4.96. The largest absolute Gasteiger partial charge is 0.152 e. The molecule has 0 saturated heterocycles. The molecule has 0 aromatic carbocycles. The van der Waals surface area contributed by atoms with Crippen molar-refractivity contribution in [2.75, 3.05) is 0 Å². The maximum atomic E-state index is 10.5. The van der Waals surface area contributed by atoms with Gasteiger partial charge in [0.25, 0.3) is 0 Å². The molecule has 0 aromatic heterocycles. The van der Waals surface area contributed by atoms with Crippen LogP contribution < -0.4 is 0 Å². The quantitative estimate of drug-likeness (QED) is 0.411. The van der Waals surface area contributed by atoms with Crippen LogP contribution in [0.25, 0.3) is 0 Å². The number of rotatable bonds is 1. The highest BCUT2D eigenvalue weighted by molar-refractivity contribution is 9.04. The fraction of sp³-hybridized carbons (Fsp3) is 0. The first-order valence-electron chi connectivity index (χ1n) is 0.504. The summed E-state index contributed by atoms with van der Waals surface area (Å²) in [6.45, 7) is 0. The molecule has 0 aliphatic rings. The highest BCUT2D eigenvalue weighted by Gasteiger charge is 1.64. The van der Waals surface area contributed by atoms with Crippen molar-refractivity contribution < 1.29 is 3.89 Å². The lowest BCUT2D eigenvalue weighted by molar-refractivity contribution is 0.954. The molecule has 4 heavy (non-hydrogen) atoms. The van der Waals surface area contributed by atoms with Crippen molar-refractivity contribution >= 4 is 32.7 Å². The molecule has 0 radical (unpaired) electrons. The molecular formula is HFS3. The highest BCUT2D eigenvalue weighted by atomic mass is 33.5. The third kappa shape index (κ3) is 2.98. The van der Waals surface area contributed by atoms with E-state index in [0.29, 0.717) is 0 Å². The molecule has 0 N–H and O–H groups in total. The number of hydrogen-bond donors (Lipinski definition) is 1. The van der Waals surface area contributed by atoms with E-state index in [1.165, 1.54) is 0 Å². The van der Waals surface area contributed by atoms with Crippen molar-refractivity contribution in [3.05, 3.63) is 0 Å². The van der Waals surface area contributed by atoms with Crippen LogP contribution in [0, 0.1) is 0 Å². The average Bonchev–Trinajstić information content (AvgIpc) is 1.37. The third-order valence-corrected chi connectivity index (χ3v) is 0.761. The molecule has 0 rings (SSSR count). The summed E-state index contributed by atoms with van der Waals surface area (Å²) in [6.07, 6.45) is 0. The van der Waals surface area contributed by atoms with Crippen LogP contribution in [-0.4, -0.2) is 0 Å². The Bertz CT molecular complexity index is 5.25. The van der Waals surface area contributed by atoms with Gasteiger partial charge in [0.2, 0.25) is 0 Å². The Hall–Kier alpha value is 0.980. The zero-order valence-electron chi connectivity index (χ0n) is 1.64. The van der Waals surface area contributed by atoms with Crippen molar-refractivity contribution in [3.8, 4) is 0 Å². The standard InChI is InChI=1S/FHS3/c1-3-4-2/h2H. The minimum Gasteiger partial charge on any atom is -0.152 e. The minimum absolute atomic E-state index is 0.137. The Morgan fingerprint density at radius 3 is 2.00 bits per heavy atom. The first-order valence-corrected chi connectivity index (χ1v) is 3.61. The maximum absolute atomic E-state index is 10.5. The van der Waals surface area contributed by atoms with Crippen LogP contribution >= 0.6 is 32.7 Å². The Labute approximate surface area is 37.0 Å². The molecule has 0 unspecified atom stereocenters. The summed E-state index contributed by atoms with van der Waals surface area (Å²) in [7, 11) is 0.801. The van der Waals surface area contributed by atoms with Gasteiger partial charge in [-0.2, -0.15) is 3.89 Å². The van der Waals surface area contributed by atoms with Gasteiger partial charge in [0, 0.05) is 9.83 Å². The van der Waals surface area contributed by atoms with Crippen molar-refractivity contribution in [2.45, 2.75) is 0 Å². The van der Waals surface area contributed by atoms with Gasteiger partial charge in [0.05, 0.1) is 0 Å². The van der Waals surface area contributed by atoms with E-state index in [2.05, 4.69) is 11.7 Å². The predicted octanol–water partition coefficient (Wildman–Crippen LogP) is 2.10. The van der Waals surface area contributed by atoms with E-state index >= 15 is 0 Å². The second-order valence-electron chi connectivity index (χ2n) is 0.138. The van der Waals surface area contributed by atoms with Crippen LogP contribution in [0.2, 0.25) is 0 Å². The van der Waals surface area contributed by atoms with E-state index < -0.39 is 0 Å². The lowest BCUT2D eigenvalue weighted by Crippen LogP contribution is -1.01. The molecule has 0 aliphatic carbocycles. The zero-order valence-corrected chi connectivity index (χ0v) is 4.17. The zero-order chi connectivity index (χ0) is 3.41. The lowest BCUT2D eigenvalue weighted by atomic mass is 18.9. The van der Waals surface area contributed by atoms with Crippen LogP contribution in [-0.2, 0) is 0 Å². The Morgan fingerprint density at radius 1 is 1.75 bits per heavy atom. The summed E-state index contributed by atoms with van der Waals surface area (Å²) in [6, 6.07) is 0. The van der Waals surface area contributed by atoms with Crippen molar-refractivity contribution in [3.63, 3.8) is 0 Å². The predicted molar refractivity (Wildman–Crippen MR) is 25.3 cm³/mol. The van der Waals surface area contributed by atoms with Crippen LogP contribution in [0.5, 0.6) is 0 Å². The summed E-state index contributed by atoms with van der Waals surface area (Å²) in [5.74, 6) is 0. The third-order valence-electron chi connectivity index (χ3n) is 0.0282. The van der Waals surface area contributed by atoms with Gasteiger partial charge in [-0.1, -0.05) is 11.7 Å². The number of halogens is 1. The van der Waals surface area contributed by atoms with Gasteiger partial charge < -0.3 is 0 Å². The van der Waals surface area contributed by atoms with Gasteiger partial charge in [-0.3, -0.25) is 0 Å². The van der Waals surface area contributed by atoms with Crippen molar-refractivity contribution in [1.29, 1.82) is 0 Å². The van der Waals surface area contributed by atoms with Gasteiger partial charge in [-0.25, -0.2) is 0 Å². The molecule has 0 aliphatic heterocycles. The van der Waals surface area contributed by atoms with Crippen LogP contribution in [0.15, 0.2) is 0 Å². The Balaban J connectivity index is 1.97. The number of thiol groups is 1. The van der Waals surface area contributed by atoms with Crippen molar-refractivity contribution in [2.24, 2.45) is 0 Å². The molecule has 4 heteroatoms. The second kappa shape index (κ2) is 3.98. The first kappa shape index (κ1) is 4.98. The van der Waals surface area contributed by atoms with Crippen molar-refractivity contribution in [1.82, 2.24) is 0 Å². The van der Waals surface area contributed by atoms with Crippen LogP contribution in [0.1, 0.15) is 0 Å². The smallest absolute Gasteiger partial charge is 0.126 e. The molecule has 0 nitrogen and oxygen atoms in total. The summed E-state index contributed by atoms with van der Waals surface area (Å²) in [4.78, 5) is 0. The van der Waals surface area contributed by atoms with E-state index in [0.717, 1.165) is 9.83 Å². The highest BCUT2D eigenvalue weighted by Crippen LogP contribution is 2.24. The van der Waals surface area contributed by atoms with E-state index in [1.54, 1.807) is 0 Å². The molecule has 0 bridgehead atoms. The van der Waals surface area contributed by atoms with E-state index in [4.69, 9.17) is 0 Å². The van der Waals surface area contributed by atoms with Crippen LogP contribution in [0.3, 0.4) is 0 Å². The second-order valence-corrected chi connectivity index (χ2v) is 2.58. The lowest BCUT2D eigenvalue weighted by Gasteiger charge is -1.61. The maximum Gasteiger partial charge on any atom is 0.126 e. The minimum atomic E-state index is 0.137. The molecule has 26 valence electrons. The first-order chi connectivity index (χ1) is 1.91. The molecule has 0 fully saturated rings. The van der Waals surface area contributed by atoms with Gasteiger partial charge in [0.1, 0.15) is 11.2 Å². The topological polar surface area (TPSA) is 0 Å². The molecule has 0 aromatic rings. The number of hydrogen-bond acceptors (Lipinski definition) is 3. The summed E-state index contributed by atoms with van der Waals surface area (Å²) >= 11 is 3.56. The Morgan fingerprint density at radius 2 is 2.00 bits per heavy atom. The van der Waals surface area contributed by atoms with Gasteiger partial charge in [-0.05, 0) is 0 Å². The fourth-order valence-electron chi connectivity index (χ4n) is 0. The summed E-state index contributed by atoms with van der Waals surface area (Å²) in [5.41, 5.74) is 0. The molecular weight excluding hydrogens is 115 g/mol. The summed E-state index contributed by atoms with van der Waals surface area (Å²) < 4.78 is 10.5. The molecule has 0 amide bonds. The molecule has 0 heterocycles.